The summed E-state index contributed by atoms with van der Waals surface area (Å²) in [5.74, 6) is 1.22. The van der Waals surface area contributed by atoms with E-state index in [4.69, 9.17) is 15.3 Å². The molecule has 1 unspecified atom stereocenters. The van der Waals surface area contributed by atoms with Gasteiger partial charge >= 0.3 is 0 Å². The van der Waals surface area contributed by atoms with Crippen LogP contribution in [0.3, 0.4) is 0 Å². The number of hydrogen-bond donors (Lipinski definition) is 0. The van der Waals surface area contributed by atoms with Gasteiger partial charge < -0.3 is 4.74 Å². The molecule has 0 saturated heterocycles. The highest BCUT2D eigenvalue weighted by Crippen LogP contribution is 2.34. The van der Waals surface area contributed by atoms with Crippen molar-refractivity contribution < 1.29 is 4.74 Å². The van der Waals surface area contributed by atoms with Crippen LogP contribution in [0.4, 0.5) is 0 Å². The Hall–Kier alpha value is -2.00. The minimum Gasteiger partial charge on any atom is -0.478 e. The standard InChI is InChI=1S/C14H16N2O/c1-11(2)12(7-8-15)13-5-3-4-6-14(13)17-10-9-16/h3-6,11-12H,7,10H2,1-2H3. The number of benzene rings is 1. The third-order valence-corrected chi connectivity index (χ3v) is 2.73. The van der Waals surface area contributed by atoms with Crippen molar-refractivity contribution in [3.63, 3.8) is 0 Å². The molecule has 0 spiro atoms. The molecule has 3 nitrogen and oxygen atoms in total. The Balaban J connectivity index is 3.02. The van der Waals surface area contributed by atoms with Crippen molar-refractivity contribution in [1.82, 2.24) is 0 Å². The lowest BCUT2D eigenvalue weighted by atomic mass is 9.86. The summed E-state index contributed by atoms with van der Waals surface area (Å²) in [5, 5.41) is 17.4. The van der Waals surface area contributed by atoms with E-state index < -0.39 is 0 Å². The number of ether oxygens (including phenoxy) is 1. The molecule has 0 saturated carbocycles. The molecule has 1 atom stereocenters. The highest BCUT2D eigenvalue weighted by molar-refractivity contribution is 5.37. The van der Waals surface area contributed by atoms with Crippen LogP contribution in [0.25, 0.3) is 0 Å². The molecule has 0 radical (unpaired) electrons. The van der Waals surface area contributed by atoms with Crippen LogP contribution in [0.15, 0.2) is 24.3 Å². The number of para-hydroxylation sites is 1. The summed E-state index contributed by atoms with van der Waals surface area (Å²) in [6.07, 6.45) is 0.463. The number of nitrogens with zero attached hydrogens (tertiary/aromatic N) is 2. The van der Waals surface area contributed by atoms with Crippen molar-refractivity contribution in [2.24, 2.45) is 5.92 Å². The molecule has 0 amide bonds. The van der Waals surface area contributed by atoms with E-state index in [9.17, 15) is 0 Å². The number of hydrogen-bond acceptors (Lipinski definition) is 3. The lowest BCUT2D eigenvalue weighted by Crippen LogP contribution is -2.08. The largest absolute Gasteiger partial charge is 0.478 e. The minimum atomic E-state index is 0.0361. The Kier molecular flexibility index (Phi) is 5.04. The van der Waals surface area contributed by atoms with Crippen molar-refractivity contribution in [2.75, 3.05) is 6.61 Å². The van der Waals surface area contributed by atoms with Crippen LogP contribution in [0.2, 0.25) is 0 Å². The molecule has 0 bridgehead atoms. The molecule has 0 aliphatic heterocycles. The summed E-state index contributed by atoms with van der Waals surface area (Å²) in [4.78, 5) is 0. The van der Waals surface area contributed by atoms with Gasteiger partial charge in [-0.25, -0.2) is 0 Å². The van der Waals surface area contributed by atoms with Crippen molar-refractivity contribution in [1.29, 1.82) is 10.5 Å². The first-order valence-electron chi connectivity index (χ1n) is 5.66. The van der Waals surface area contributed by atoms with Gasteiger partial charge in [-0.1, -0.05) is 32.0 Å². The summed E-state index contributed by atoms with van der Waals surface area (Å²) in [7, 11) is 0. The van der Waals surface area contributed by atoms with Crippen LogP contribution in [-0.4, -0.2) is 6.61 Å². The van der Waals surface area contributed by atoms with Crippen LogP contribution < -0.4 is 4.74 Å². The summed E-state index contributed by atoms with van der Waals surface area (Å²) in [6, 6.07) is 11.8. The molecule has 0 aliphatic rings. The molecule has 3 heteroatoms. The normalized spacial score (nSPS) is 11.6. The maximum atomic E-state index is 8.87. The predicted molar refractivity (Wildman–Crippen MR) is 65.4 cm³/mol. The van der Waals surface area contributed by atoms with Gasteiger partial charge in [0, 0.05) is 12.3 Å². The van der Waals surface area contributed by atoms with Crippen molar-refractivity contribution in [2.45, 2.75) is 26.2 Å². The van der Waals surface area contributed by atoms with E-state index in [1.165, 1.54) is 0 Å². The average molecular weight is 228 g/mol. The second-order valence-corrected chi connectivity index (χ2v) is 4.20. The minimum absolute atomic E-state index is 0.0361. The maximum absolute atomic E-state index is 8.87. The summed E-state index contributed by atoms with van der Waals surface area (Å²) in [5.41, 5.74) is 1.01. The van der Waals surface area contributed by atoms with Gasteiger partial charge in [-0.2, -0.15) is 10.5 Å². The summed E-state index contributed by atoms with van der Waals surface area (Å²) in [6.45, 7) is 4.21. The molecule has 17 heavy (non-hydrogen) atoms. The molecule has 1 aromatic carbocycles. The Morgan fingerprint density at radius 2 is 1.88 bits per heavy atom. The molecule has 0 aromatic heterocycles. The monoisotopic (exact) mass is 228 g/mol. The predicted octanol–water partition coefficient (Wildman–Crippen LogP) is 3.24. The fourth-order valence-electron chi connectivity index (χ4n) is 1.83. The van der Waals surface area contributed by atoms with Gasteiger partial charge in [0.05, 0.1) is 6.07 Å². The lowest BCUT2D eigenvalue weighted by molar-refractivity contribution is 0.355. The molecule has 0 fully saturated rings. The molecule has 88 valence electrons. The molecule has 0 heterocycles. The molecular weight excluding hydrogens is 212 g/mol. The number of nitriles is 2. The number of rotatable bonds is 5. The van der Waals surface area contributed by atoms with Crippen molar-refractivity contribution in [3.8, 4) is 17.9 Å². The lowest BCUT2D eigenvalue weighted by Gasteiger charge is -2.20. The first-order chi connectivity index (χ1) is 8.20. The van der Waals surface area contributed by atoms with Crippen LogP contribution in [0.5, 0.6) is 5.75 Å². The van der Waals surface area contributed by atoms with Gasteiger partial charge in [-0.3, -0.25) is 0 Å². The van der Waals surface area contributed by atoms with E-state index >= 15 is 0 Å². The Bertz CT molecular complexity index is 440. The van der Waals surface area contributed by atoms with Gasteiger partial charge in [0.2, 0.25) is 0 Å². The zero-order valence-electron chi connectivity index (χ0n) is 10.2. The highest BCUT2D eigenvalue weighted by atomic mass is 16.5. The zero-order chi connectivity index (χ0) is 12.7. The molecule has 0 aliphatic carbocycles. The summed E-state index contributed by atoms with van der Waals surface area (Å²) >= 11 is 0. The van der Waals surface area contributed by atoms with Crippen LogP contribution in [-0.2, 0) is 0 Å². The van der Waals surface area contributed by atoms with E-state index in [0.29, 0.717) is 18.1 Å². The van der Waals surface area contributed by atoms with Crippen molar-refractivity contribution >= 4 is 0 Å². The Morgan fingerprint density at radius 1 is 1.18 bits per heavy atom. The van der Waals surface area contributed by atoms with Gasteiger partial charge in [0.25, 0.3) is 0 Å². The Morgan fingerprint density at radius 3 is 2.47 bits per heavy atom. The van der Waals surface area contributed by atoms with E-state index in [2.05, 4.69) is 19.9 Å². The second kappa shape index (κ2) is 6.55. The third kappa shape index (κ3) is 3.50. The third-order valence-electron chi connectivity index (χ3n) is 2.73. The fraction of sp³-hybridized carbons (Fsp3) is 0.429. The fourth-order valence-corrected chi connectivity index (χ4v) is 1.83. The first-order valence-corrected chi connectivity index (χ1v) is 5.66. The topological polar surface area (TPSA) is 56.8 Å². The molecule has 0 N–H and O–H groups in total. The van der Waals surface area contributed by atoms with E-state index in [0.717, 1.165) is 5.56 Å². The van der Waals surface area contributed by atoms with Crippen LogP contribution in [0, 0.1) is 28.6 Å². The van der Waals surface area contributed by atoms with Crippen LogP contribution >= 0.6 is 0 Å². The maximum Gasteiger partial charge on any atom is 0.174 e. The molecule has 1 aromatic rings. The van der Waals surface area contributed by atoms with Gasteiger partial charge in [-0.15, -0.1) is 0 Å². The highest BCUT2D eigenvalue weighted by Gasteiger charge is 2.19. The molecule has 1 rings (SSSR count). The van der Waals surface area contributed by atoms with E-state index in [1.54, 1.807) is 0 Å². The quantitative estimate of drug-likeness (QED) is 0.777. The van der Waals surface area contributed by atoms with E-state index in [-0.39, 0.29) is 12.5 Å². The van der Waals surface area contributed by atoms with Crippen LogP contribution in [0.1, 0.15) is 31.7 Å². The smallest absolute Gasteiger partial charge is 0.174 e. The zero-order valence-corrected chi connectivity index (χ0v) is 10.2. The van der Waals surface area contributed by atoms with E-state index in [1.807, 2.05) is 30.3 Å². The van der Waals surface area contributed by atoms with Gasteiger partial charge in [-0.05, 0) is 17.5 Å². The van der Waals surface area contributed by atoms with Crippen molar-refractivity contribution in [3.05, 3.63) is 29.8 Å². The average Bonchev–Trinajstić information content (AvgIpc) is 2.33. The SMILES string of the molecule is CC(C)C(CC#N)c1ccccc1OCC#N. The second-order valence-electron chi connectivity index (χ2n) is 4.20. The summed E-state index contributed by atoms with van der Waals surface area (Å²) < 4.78 is 5.39. The van der Waals surface area contributed by atoms with Gasteiger partial charge in [0.15, 0.2) is 6.61 Å². The first kappa shape index (κ1) is 13.1. The molecular formula is C14H16N2O. The Labute approximate surface area is 102 Å². The van der Waals surface area contributed by atoms with Gasteiger partial charge in [0.1, 0.15) is 11.8 Å².